The highest BCUT2D eigenvalue weighted by molar-refractivity contribution is 6.31. The summed E-state index contributed by atoms with van der Waals surface area (Å²) >= 11 is 5.98. The maximum absolute atomic E-state index is 11.4. The summed E-state index contributed by atoms with van der Waals surface area (Å²) in [6, 6.07) is 4.64. The normalized spacial score (nSPS) is 11.8. The summed E-state index contributed by atoms with van der Waals surface area (Å²) in [5, 5.41) is 0.413. The van der Waals surface area contributed by atoms with E-state index in [4.69, 9.17) is 11.6 Å². The van der Waals surface area contributed by atoms with Crippen LogP contribution in [-0.2, 0) is 14.3 Å². The van der Waals surface area contributed by atoms with Gasteiger partial charge in [-0.3, -0.25) is 4.79 Å². The van der Waals surface area contributed by atoms with Gasteiger partial charge in [0.1, 0.15) is 0 Å². The molecule has 0 bridgehead atoms. The van der Waals surface area contributed by atoms with Crippen LogP contribution < -0.4 is 0 Å². The molecule has 1 aromatic carbocycles. The lowest BCUT2D eigenvalue weighted by Crippen LogP contribution is -2.12. The van der Waals surface area contributed by atoms with E-state index in [1.54, 1.807) is 19.1 Å². The SMILES string of the molecule is COC(=O)c1ccc(Cl)c(C(C)C(=O)OC)c1. The smallest absolute Gasteiger partial charge is 0.337 e. The lowest BCUT2D eigenvalue weighted by Gasteiger charge is -2.12. The van der Waals surface area contributed by atoms with Gasteiger partial charge in [0, 0.05) is 5.02 Å². The number of ether oxygens (including phenoxy) is 2. The van der Waals surface area contributed by atoms with Crippen molar-refractivity contribution in [2.75, 3.05) is 14.2 Å². The molecule has 4 nitrogen and oxygen atoms in total. The van der Waals surface area contributed by atoms with E-state index in [-0.39, 0.29) is 0 Å². The van der Waals surface area contributed by atoms with Gasteiger partial charge in [0.2, 0.25) is 0 Å². The van der Waals surface area contributed by atoms with Crippen molar-refractivity contribution in [3.8, 4) is 0 Å². The predicted octanol–water partition coefficient (Wildman–Crippen LogP) is 2.40. The van der Waals surface area contributed by atoms with Gasteiger partial charge in [0.05, 0.1) is 25.7 Å². The van der Waals surface area contributed by atoms with Gasteiger partial charge in [-0.05, 0) is 30.7 Å². The standard InChI is InChI=1S/C12H13ClO4/c1-7(11(14)16-2)9-6-8(12(15)17-3)4-5-10(9)13/h4-7H,1-3H3. The van der Waals surface area contributed by atoms with E-state index in [9.17, 15) is 9.59 Å². The fourth-order valence-electron chi connectivity index (χ4n) is 1.42. The van der Waals surface area contributed by atoms with Gasteiger partial charge < -0.3 is 9.47 Å². The van der Waals surface area contributed by atoms with Crippen molar-refractivity contribution in [1.29, 1.82) is 0 Å². The highest BCUT2D eigenvalue weighted by atomic mass is 35.5. The van der Waals surface area contributed by atoms with E-state index in [2.05, 4.69) is 9.47 Å². The molecule has 1 unspecified atom stereocenters. The first-order valence-electron chi connectivity index (χ1n) is 4.96. The van der Waals surface area contributed by atoms with E-state index in [0.717, 1.165) is 0 Å². The van der Waals surface area contributed by atoms with E-state index in [1.807, 2.05) is 0 Å². The minimum atomic E-state index is -0.530. The Hall–Kier alpha value is -1.55. The topological polar surface area (TPSA) is 52.6 Å². The summed E-state index contributed by atoms with van der Waals surface area (Å²) in [6.45, 7) is 1.66. The van der Waals surface area contributed by atoms with Crippen molar-refractivity contribution in [2.24, 2.45) is 0 Å². The van der Waals surface area contributed by atoms with Crippen molar-refractivity contribution in [2.45, 2.75) is 12.8 Å². The molecule has 1 rings (SSSR count). The number of halogens is 1. The largest absolute Gasteiger partial charge is 0.469 e. The van der Waals surface area contributed by atoms with Crippen LogP contribution in [0.3, 0.4) is 0 Å². The fraction of sp³-hybridized carbons (Fsp3) is 0.333. The molecule has 0 amide bonds. The summed E-state index contributed by atoms with van der Waals surface area (Å²) in [6.07, 6.45) is 0. The lowest BCUT2D eigenvalue weighted by molar-refractivity contribution is -0.141. The first kappa shape index (κ1) is 13.5. The third-order valence-electron chi connectivity index (χ3n) is 2.44. The van der Waals surface area contributed by atoms with Crippen LogP contribution >= 0.6 is 11.6 Å². The Labute approximate surface area is 104 Å². The number of rotatable bonds is 3. The quantitative estimate of drug-likeness (QED) is 0.780. The molecule has 0 aliphatic heterocycles. The van der Waals surface area contributed by atoms with Crippen molar-refractivity contribution < 1.29 is 19.1 Å². The third kappa shape index (κ3) is 2.97. The van der Waals surface area contributed by atoms with Crippen molar-refractivity contribution in [3.05, 3.63) is 34.3 Å². The molecule has 0 aliphatic carbocycles. The van der Waals surface area contributed by atoms with Gasteiger partial charge in [-0.1, -0.05) is 11.6 Å². The highest BCUT2D eigenvalue weighted by Crippen LogP contribution is 2.26. The number of esters is 2. The molecular weight excluding hydrogens is 244 g/mol. The molecule has 0 fully saturated rings. The average Bonchev–Trinajstić information content (AvgIpc) is 2.36. The zero-order valence-electron chi connectivity index (χ0n) is 9.82. The van der Waals surface area contributed by atoms with E-state index < -0.39 is 17.9 Å². The number of hydrogen-bond donors (Lipinski definition) is 0. The van der Waals surface area contributed by atoms with E-state index in [1.165, 1.54) is 20.3 Å². The Morgan fingerprint density at radius 2 is 1.88 bits per heavy atom. The second kappa shape index (κ2) is 5.68. The van der Waals surface area contributed by atoms with Crippen LogP contribution in [0.5, 0.6) is 0 Å². The molecule has 5 heteroatoms. The Kier molecular flexibility index (Phi) is 4.52. The van der Waals surface area contributed by atoms with Crippen molar-refractivity contribution >= 4 is 23.5 Å². The average molecular weight is 257 g/mol. The zero-order valence-corrected chi connectivity index (χ0v) is 10.6. The second-order valence-corrected chi connectivity index (χ2v) is 3.88. The maximum atomic E-state index is 11.4. The van der Waals surface area contributed by atoms with Crippen molar-refractivity contribution in [3.63, 3.8) is 0 Å². The highest BCUT2D eigenvalue weighted by Gasteiger charge is 2.20. The zero-order chi connectivity index (χ0) is 13.0. The molecule has 92 valence electrons. The van der Waals surface area contributed by atoms with Gasteiger partial charge in [0.25, 0.3) is 0 Å². The van der Waals surface area contributed by atoms with E-state index in [0.29, 0.717) is 16.1 Å². The van der Waals surface area contributed by atoms with Crippen molar-refractivity contribution in [1.82, 2.24) is 0 Å². The fourth-order valence-corrected chi connectivity index (χ4v) is 1.71. The summed E-state index contributed by atoms with van der Waals surface area (Å²) in [7, 11) is 2.59. The van der Waals surface area contributed by atoms with E-state index >= 15 is 0 Å². The minimum Gasteiger partial charge on any atom is -0.469 e. The van der Waals surface area contributed by atoms with Crippen LogP contribution in [0, 0.1) is 0 Å². The molecule has 1 aromatic rings. The number of benzene rings is 1. The molecule has 0 spiro atoms. The summed E-state index contributed by atoms with van der Waals surface area (Å²) in [5.41, 5.74) is 0.893. The number of methoxy groups -OCH3 is 2. The minimum absolute atomic E-state index is 0.350. The molecule has 0 aliphatic rings. The van der Waals surface area contributed by atoms with Crippen LogP contribution in [0.2, 0.25) is 5.02 Å². The molecular formula is C12H13ClO4. The Bertz CT molecular complexity index is 442. The summed E-state index contributed by atoms with van der Waals surface area (Å²) in [4.78, 5) is 22.8. The lowest BCUT2D eigenvalue weighted by atomic mass is 9.99. The van der Waals surface area contributed by atoms with Crippen LogP contribution in [0.25, 0.3) is 0 Å². The molecule has 0 aromatic heterocycles. The monoisotopic (exact) mass is 256 g/mol. The number of carbonyl (C=O) groups excluding carboxylic acids is 2. The summed E-state index contributed by atoms with van der Waals surface area (Å²) in [5.74, 6) is -1.41. The van der Waals surface area contributed by atoms with Crippen LogP contribution in [0.15, 0.2) is 18.2 Å². The Balaban J connectivity index is 3.14. The first-order valence-corrected chi connectivity index (χ1v) is 5.34. The van der Waals surface area contributed by atoms with Crippen LogP contribution in [0.1, 0.15) is 28.8 Å². The maximum Gasteiger partial charge on any atom is 0.337 e. The number of hydrogen-bond acceptors (Lipinski definition) is 4. The molecule has 1 atom stereocenters. The van der Waals surface area contributed by atoms with Gasteiger partial charge >= 0.3 is 11.9 Å². The molecule has 0 saturated carbocycles. The summed E-state index contributed by atoms with van der Waals surface area (Å²) < 4.78 is 9.23. The van der Waals surface area contributed by atoms with Gasteiger partial charge in [-0.2, -0.15) is 0 Å². The van der Waals surface area contributed by atoms with Gasteiger partial charge in [-0.25, -0.2) is 4.79 Å². The molecule has 0 heterocycles. The third-order valence-corrected chi connectivity index (χ3v) is 2.78. The Morgan fingerprint density at radius 3 is 2.41 bits per heavy atom. The van der Waals surface area contributed by atoms with Crippen LogP contribution in [0.4, 0.5) is 0 Å². The number of carbonyl (C=O) groups is 2. The molecule has 0 saturated heterocycles. The first-order chi connectivity index (χ1) is 8.01. The van der Waals surface area contributed by atoms with Crippen LogP contribution in [-0.4, -0.2) is 26.2 Å². The predicted molar refractivity (Wildman–Crippen MR) is 63.2 cm³/mol. The molecule has 0 radical (unpaired) electrons. The molecule has 17 heavy (non-hydrogen) atoms. The molecule has 0 N–H and O–H groups in total. The van der Waals surface area contributed by atoms with Gasteiger partial charge in [0.15, 0.2) is 0 Å². The Morgan fingerprint density at radius 1 is 1.24 bits per heavy atom. The van der Waals surface area contributed by atoms with Gasteiger partial charge in [-0.15, -0.1) is 0 Å². The second-order valence-electron chi connectivity index (χ2n) is 3.47.